The van der Waals surface area contributed by atoms with Crippen LogP contribution < -0.4 is 10.2 Å². The van der Waals surface area contributed by atoms with Crippen molar-refractivity contribution >= 4 is 5.69 Å². The smallest absolute Gasteiger partial charge is 0.0363 e. The standard InChI is InChI=1S/C15H24N2/c1-17(2)15-9-6-7-13(12-15)11-14-8-4-3-5-10-16-14/h6-7,9,12,14,16H,3-5,8,10-11H2,1-2H3. The summed E-state index contributed by atoms with van der Waals surface area (Å²) >= 11 is 0. The van der Waals surface area contributed by atoms with E-state index in [-0.39, 0.29) is 0 Å². The van der Waals surface area contributed by atoms with Gasteiger partial charge in [-0.25, -0.2) is 0 Å². The Morgan fingerprint density at radius 1 is 1.24 bits per heavy atom. The highest BCUT2D eigenvalue weighted by Crippen LogP contribution is 2.17. The van der Waals surface area contributed by atoms with Crippen molar-refractivity contribution in [3.05, 3.63) is 29.8 Å². The van der Waals surface area contributed by atoms with E-state index in [9.17, 15) is 0 Å². The van der Waals surface area contributed by atoms with Gasteiger partial charge in [-0.1, -0.05) is 25.0 Å². The Hall–Kier alpha value is -1.02. The predicted molar refractivity (Wildman–Crippen MR) is 74.7 cm³/mol. The van der Waals surface area contributed by atoms with Crippen molar-refractivity contribution in [2.75, 3.05) is 25.5 Å². The number of nitrogens with zero attached hydrogens (tertiary/aromatic N) is 1. The summed E-state index contributed by atoms with van der Waals surface area (Å²) in [6.45, 7) is 1.19. The molecule has 0 spiro atoms. The molecule has 1 aromatic carbocycles. The highest BCUT2D eigenvalue weighted by atomic mass is 15.1. The third-order valence-electron chi connectivity index (χ3n) is 3.57. The van der Waals surface area contributed by atoms with Gasteiger partial charge in [-0.15, -0.1) is 0 Å². The van der Waals surface area contributed by atoms with E-state index in [1.165, 1.54) is 49.9 Å². The summed E-state index contributed by atoms with van der Waals surface area (Å²) in [4.78, 5) is 2.17. The predicted octanol–water partition coefficient (Wildman–Crippen LogP) is 2.83. The Morgan fingerprint density at radius 3 is 2.94 bits per heavy atom. The van der Waals surface area contributed by atoms with E-state index < -0.39 is 0 Å². The number of anilines is 1. The molecule has 94 valence electrons. The Morgan fingerprint density at radius 2 is 2.12 bits per heavy atom. The lowest BCUT2D eigenvalue weighted by Gasteiger charge is -2.18. The minimum absolute atomic E-state index is 0.676. The van der Waals surface area contributed by atoms with Crippen molar-refractivity contribution in [3.63, 3.8) is 0 Å². The fourth-order valence-electron chi connectivity index (χ4n) is 2.52. The van der Waals surface area contributed by atoms with Gasteiger partial charge in [0.2, 0.25) is 0 Å². The first kappa shape index (κ1) is 12.4. The first-order valence-corrected chi connectivity index (χ1v) is 6.75. The summed E-state index contributed by atoms with van der Waals surface area (Å²) in [7, 11) is 4.20. The van der Waals surface area contributed by atoms with E-state index in [1.54, 1.807) is 0 Å². The third kappa shape index (κ3) is 3.74. The highest BCUT2D eigenvalue weighted by Gasteiger charge is 2.12. The molecule has 1 N–H and O–H groups in total. The number of rotatable bonds is 3. The van der Waals surface area contributed by atoms with Gasteiger partial charge in [-0.3, -0.25) is 0 Å². The monoisotopic (exact) mass is 232 g/mol. The molecule has 0 aromatic heterocycles. The maximum atomic E-state index is 3.67. The van der Waals surface area contributed by atoms with Crippen molar-refractivity contribution in [1.82, 2.24) is 5.32 Å². The van der Waals surface area contributed by atoms with E-state index in [0.717, 1.165) is 0 Å². The average Bonchev–Trinajstić information content (AvgIpc) is 2.58. The second-order valence-corrected chi connectivity index (χ2v) is 5.27. The van der Waals surface area contributed by atoms with Crippen LogP contribution in [-0.4, -0.2) is 26.7 Å². The molecule has 2 rings (SSSR count). The number of hydrogen-bond donors (Lipinski definition) is 1. The molecule has 1 heterocycles. The van der Waals surface area contributed by atoms with E-state index in [2.05, 4.69) is 48.6 Å². The summed E-state index contributed by atoms with van der Waals surface area (Å²) in [5.41, 5.74) is 2.76. The van der Waals surface area contributed by atoms with Crippen LogP contribution in [0.25, 0.3) is 0 Å². The molecule has 2 heteroatoms. The van der Waals surface area contributed by atoms with Crippen LogP contribution in [-0.2, 0) is 6.42 Å². The Bertz CT molecular complexity index is 339. The first-order chi connectivity index (χ1) is 8.25. The lowest BCUT2D eigenvalue weighted by molar-refractivity contribution is 0.507. The van der Waals surface area contributed by atoms with Gasteiger partial charge in [-0.2, -0.15) is 0 Å². The van der Waals surface area contributed by atoms with Crippen molar-refractivity contribution in [2.24, 2.45) is 0 Å². The molecule has 1 fully saturated rings. The van der Waals surface area contributed by atoms with E-state index in [0.29, 0.717) is 6.04 Å². The minimum Gasteiger partial charge on any atom is -0.378 e. The molecule has 1 aliphatic heterocycles. The van der Waals surface area contributed by atoms with Gasteiger partial charge in [0.15, 0.2) is 0 Å². The summed E-state index contributed by atoms with van der Waals surface area (Å²) < 4.78 is 0. The van der Waals surface area contributed by atoms with Crippen molar-refractivity contribution in [2.45, 2.75) is 38.1 Å². The second kappa shape index (κ2) is 6.06. The van der Waals surface area contributed by atoms with Crippen LogP contribution in [0.1, 0.15) is 31.2 Å². The average molecular weight is 232 g/mol. The molecule has 1 aliphatic rings. The minimum atomic E-state index is 0.676. The van der Waals surface area contributed by atoms with Crippen molar-refractivity contribution in [3.8, 4) is 0 Å². The molecule has 0 saturated carbocycles. The maximum absolute atomic E-state index is 3.67. The van der Waals surface area contributed by atoms with Gasteiger partial charge >= 0.3 is 0 Å². The normalized spacial score (nSPS) is 20.9. The zero-order chi connectivity index (χ0) is 12.1. The lowest BCUT2D eigenvalue weighted by atomic mass is 10.0. The van der Waals surface area contributed by atoms with Crippen LogP contribution in [0.4, 0.5) is 5.69 Å². The van der Waals surface area contributed by atoms with E-state index >= 15 is 0 Å². The van der Waals surface area contributed by atoms with Gasteiger partial charge in [0, 0.05) is 25.8 Å². The molecule has 0 aliphatic carbocycles. The van der Waals surface area contributed by atoms with Gasteiger partial charge in [0.05, 0.1) is 0 Å². The molecule has 17 heavy (non-hydrogen) atoms. The highest BCUT2D eigenvalue weighted by molar-refractivity contribution is 5.47. The van der Waals surface area contributed by atoms with Gasteiger partial charge in [-0.05, 0) is 43.5 Å². The van der Waals surface area contributed by atoms with Crippen LogP contribution >= 0.6 is 0 Å². The fraction of sp³-hybridized carbons (Fsp3) is 0.600. The Kier molecular flexibility index (Phi) is 4.43. The van der Waals surface area contributed by atoms with Crippen LogP contribution in [0.2, 0.25) is 0 Å². The van der Waals surface area contributed by atoms with E-state index in [1.807, 2.05) is 0 Å². The molecular weight excluding hydrogens is 208 g/mol. The topological polar surface area (TPSA) is 15.3 Å². The molecule has 1 atom stereocenters. The van der Waals surface area contributed by atoms with E-state index in [4.69, 9.17) is 0 Å². The number of nitrogens with one attached hydrogen (secondary N) is 1. The Labute approximate surface area is 105 Å². The van der Waals surface area contributed by atoms with Crippen molar-refractivity contribution < 1.29 is 0 Å². The summed E-state index contributed by atoms with van der Waals surface area (Å²) in [5, 5.41) is 3.67. The summed E-state index contributed by atoms with van der Waals surface area (Å²) in [5.74, 6) is 0. The zero-order valence-corrected chi connectivity index (χ0v) is 11.1. The molecular formula is C15H24N2. The van der Waals surface area contributed by atoms with Crippen LogP contribution in [0, 0.1) is 0 Å². The molecule has 0 radical (unpaired) electrons. The molecule has 0 amide bonds. The number of hydrogen-bond acceptors (Lipinski definition) is 2. The summed E-state index contributed by atoms with van der Waals surface area (Å²) in [6.07, 6.45) is 6.61. The van der Waals surface area contributed by atoms with Gasteiger partial charge < -0.3 is 10.2 Å². The molecule has 1 aromatic rings. The van der Waals surface area contributed by atoms with Gasteiger partial charge in [0.25, 0.3) is 0 Å². The quantitative estimate of drug-likeness (QED) is 0.862. The lowest BCUT2D eigenvalue weighted by Crippen LogP contribution is -2.30. The molecule has 1 unspecified atom stereocenters. The largest absolute Gasteiger partial charge is 0.378 e. The second-order valence-electron chi connectivity index (χ2n) is 5.27. The Balaban J connectivity index is 1.99. The molecule has 1 saturated heterocycles. The molecule has 2 nitrogen and oxygen atoms in total. The van der Waals surface area contributed by atoms with Gasteiger partial charge in [0.1, 0.15) is 0 Å². The van der Waals surface area contributed by atoms with Crippen molar-refractivity contribution in [1.29, 1.82) is 0 Å². The third-order valence-corrected chi connectivity index (χ3v) is 3.57. The first-order valence-electron chi connectivity index (χ1n) is 6.75. The SMILES string of the molecule is CN(C)c1cccc(CC2CCCCCN2)c1. The molecule has 0 bridgehead atoms. The van der Waals surface area contributed by atoms with Crippen LogP contribution in [0.15, 0.2) is 24.3 Å². The van der Waals surface area contributed by atoms with Crippen LogP contribution in [0.5, 0.6) is 0 Å². The fourth-order valence-corrected chi connectivity index (χ4v) is 2.52. The maximum Gasteiger partial charge on any atom is 0.0363 e. The summed E-state index contributed by atoms with van der Waals surface area (Å²) in [6, 6.07) is 9.58. The van der Waals surface area contributed by atoms with Crippen LogP contribution in [0.3, 0.4) is 0 Å². The zero-order valence-electron chi connectivity index (χ0n) is 11.1. The number of benzene rings is 1.